The molecule has 0 radical (unpaired) electrons. The molecule has 5 heteroatoms. The minimum absolute atomic E-state index is 0.187. The molecule has 1 aromatic heterocycles. The number of carbonyl (C=O) groups excluding carboxylic acids is 1. The fraction of sp³-hybridized carbons (Fsp3) is 0.556. The van der Waals surface area contributed by atoms with Crippen molar-refractivity contribution in [1.29, 1.82) is 0 Å². The van der Waals surface area contributed by atoms with E-state index in [0.29, 0.717) is 24.7 Å². The first-order chi connectivity index (χ1) is 6.58. The second kappa shape index (κ2) is 3.09. The van der Waals surface area contributed by atoms with E-state index in [1.807, 2.05) is 0 Å². The van der Waals surface area contributed by atoms with Crippen LogP contribution in [0.2, 0.25) is 0 Å². The molecule has 1 aliphatic rings. The van der Waals surface area contributed by atoms with E-state index in [1.165, 1.54) is 4.90 Å². The second-order valence-electron chi connectivity index (χ2n) is 3.51. The van der Waals surface area contributed by atoms with Gasteiger partial charge in [0.2, 0.25) is 5.76 Å². The van der Waals surface area contributed by atoms with E-state index in [-0.39, 0.29) is 17.8 Å². The van der Waals surface area contributed by atoms with Gasteiger partial charge in [0.05, 0.1) is 11.8 Å². The summed E-state index contributed by atoms with van der Waals surface area (Å²) in [6, 6.07) is 0. The highest BCUT2D eigenvalue weighted by Gasteiger charge is 2.32. The van der Waals surface area contributed by atoms with Gasteiger partial charge >= 0.3 is 0 Å². The summed E-state index contributed by atoms with van der Waals surface area (Å²) in [4.78, 5) is 17.2. The molecule has 0 aromatic carbocycles. The number of hydrogen-bond donors (Lipinski definition) is 1. The topological polar surface area (TPSA) is 66.6 Å². The van der Waals surface area contributed by atoms with Crippen molar-refractivity contribution in [3.63, 3.8) is 0 Å². The zero-order chi connectivity index (χ0) is 10.3. The number of β-amino-alcohol motifs (C(OH)–C–C–N with tert-alkyl or cyclic N) is 1. The molecule has 2 heterocycles. The van der Waals surface area contributed by atoms with Crippen LogP contribution in [-0.4, -0.2) is 40.1 Å². The van der Waals surface area contributed by atoms with Gasteiger partial charge in [-0.25, -0.2) is 4.98 Å². The first-order valence-electron chi connectivity index (χ1n) is 4.49. The van der Waals surface area contributed by atoms with E-state index in [4.69, 9.17) is 9.52 Å². The summed E-state index contributed by atoms with van der Waals surface area (Å²) >= 11 is 0. The van der Waals surface area contributed by atoms with Crippen molar-refractivity contribution in [2.24, 2.45) is 0 Å². The highest BCUT2D eigenvalue weighted by Crippen LogP contribution is 2.16. The van der Waals surface area contributed by atoms with Gasteiger partial charge in [0.25, 0.3) is 5.91 Å². The Balaban J connectivity index is 2.15. The summed E-state index contributed by atoms with van der Waals surface area (Å²) in [6.07, 6.45) is -0.386. The molecule has 1 fully saturated rings. The first kappa shape index (κ1) is 9.21. The molecular formula is C9H12N2O3. The monoisotopic (exact) mass is 196 g/mol. The number of rotatable bonds is 1. The molecule has 2 rings (SSSR count). The molecule has 1 aromatic rings. The fourth-order valence-electron chi connectivity index (χ4n) is 1.49. The van der Waals surface area contributed by atoms with Crippen molar-refractivity contribution in [1.82, 2.24) is 9.88 Å². The van der Waals surface area contributed by atoms with Crippen LogP contribution in [0.25, 0.3) is 0 Å². The number of hydrogen-bond acceptors (Lipinski definition) is 4. The third-order valence-corrected chi connectivity index (χ3v) is 2.25. The highest BCUT2D eigenvalue weighted by molar-refractivity contribution is 5.93. The maximum absolute atomic E-state index is 11.7. The van der Waals surface area contributed by atoms with E-state index in [2.05, 4.69) is 4.98 Å². The fourth-order valence-corrected chi connectivity index (χ4v) is 1.49. The molecule has 1 amide bonds. The van der Waals surface area contributed by atoms with Crippen LogP contribution in [0.1, 0.15) is 22.1 Å². The van der Waals surface area contributed by atoms with Crippen molar-refractivity contribution in [2.45, 2.75) is 20.0 Å². The lowest BCUT2D eigenvalue weighted by molar-refractivity contribution is 0.00379. The molecule has 0 unspecified atom stereocenters. The molecule has 0 aliphatic carbocycles. The van der Waals surface area contributed by atoms with E-state index in [0.717, 1.165) is 0 Å². The molecule has 0 bridgehead atoms. The van der Waals surface area contributed by atoms with Gasteiger partial charge in [-0.15, -0.1) is 0 Å². The Kier molecular flexibility index (Phi) is 2.03. The molecule has 0 atom stereocenters. The minimum atomic E-state index is -0.386. The first-order valence-corrected chi connectivity index (χ1v) is 4.49. The van der Waals surface area contributed by atoms with Gasteiger partial charge in [0.15, 0.2) is 5.89 Å². The van der Waals surface area contributed by atoms with Crippen LogP contribution in [0.5, 0.6) is 0 Å². The Bertz CT molecular complexity index is 366. The lowest BCUT2D eigenvalue weighted by Gasteiger charge is -2.35. The van der Waals surface area contributed by atoms with Gasteiger partial charge in [-0.3, -0.25) is 4.79 Å². The van der Waals surface area contributed by atoms with E-state index in [9.17, 15) is 4.79 Å². The number of likely N-dealkylation sites (tertiary alicyclic amines) is 1. The molecule has 0 saturated carbocycles. The Morgan fingerprint density at radius 3 is 2.64 bits per heavy atom. The summed E-state index contributed by atoms with van der Waals surface area (Å²) in [5.41, 5.74) is 0.605. The quantitative estimate of drug-likeness (QED) is 0.692. The van der Waals surface area contributed by atoms with E-state index in [1.54, 1.807) is 13.8 Å². The number of aromatic nitrogens is 1. The van der Waals surface area contributed by atoms with E-state index >= 15 is 0 Å². The van der Waals surface area contributed by atoms with Crippen molar-refractivity contribution < 1.29 is 14.3 Å². The summed E-state index contributed by atoms with van der Waals surface area (Å²) < 4.78 is 5.18. The average molecular weight is 196 g/mol. The SMILES string of the molecule is Cc1nc(C)c(C(=O)N2CC(O)C2)o1. The molecule has 0 spiro atoms. The van der Waals surface area contributed by atoms with Crippen LogP contribution in [0, 0.1) is 13.8 Å². The van der Waals surface area contributed by atoms with Crippen molar-refractivity contribution in [3.05, 3.63) is 17.3 Å². The Morgan fingerprint density at radius 2 is 2.21 bits per heavy atom. The standard InChI is InChI=1S/C9H12N2O3/c1-5-8(14-6(2)10-5)9(13)11-3-7(12)4-11/h7,12H,3-4H2,1-2H3. The number of carbonyl (C=O) groups is 1. The normalized spacial score (nSPS) is 16.9. The molecule has 1 aliphatic heterocycles. The van der Waals surface area contributed by atoms with Gasteiger partial charge in [-0.2, -0.15) is 0 Å². The summed E-state index contributed by atoms with van der Waals surface area (Å²) in [5.74, 6) is 0.592. The number of aryl methyl sites for hydroxylation is 2. The molecule has 14 heavy (non-hydrogen) atoms. The number of aliphatic hydroxyl groups is 1. The zero-order valence-corrected chi connectivity index (χ0v) is 8.15. The maximum atomic E-state index is 11.7. The predicted octanol–water partition coefficient (Wildman–Crippen LogP) is 0.108. The van der Waals surface area contributed by atoms with Gasteiger partial charge in [0.1, 0.15) is 0 Å². The van der Waals surface area contributed by atoms with Crippen LogP contribution in [0.15, 0.2) is 4.42 Å². The van der Waals surface area contributed by atoms with Crippen molar-refractivity contribution >= 4 is 5.91 Å². The Labute approximate surface area is 81.3 Å². The number of amides is 1. The summed E-state index contributed by atoms with van der Waals surface area (Å²) in [7, 11) is 0. The lowest BCUT2D eigenvalue weighted by Crippen LogP contribution is -2.53. The second-order valence-corrected chi connectivity index (χ2v) is 3.51. The average Bonchev–Trinajstić information content (AvgIpc) is 2.39. The predicted molar refractivity (Wildman–Crippen MR) is 47.9 cm³/mol. The van der Waals surface area contributed by atoms with Crippen molar-refractivity contribution in [3.8, 4) is 0 Å². The Morgan fingerprint density at radius 1 is 1.57 bits per heavy atom. The Hall–Kier alpha value is -1.36. The number of aliphatic hydroxyl groups excluding tert-OH is 1. The van der Waals surface area contributed by atoms with Crippen LogP contribution < -0.4 is 0 Å². The van der Waals surface area contributed by atoms with Crippen LogP contribution in [0.4, 0.5) is 0 Å². The molecular weight excluding hydrogens is 184 g/mol. The minimum Gasteiger partial charge on any atom is -0.436 e. The molecule has 76 valence electrons. The zero-order valence-electron chi connectivity index (χ0n) is 8.15. The third-order valence-electron chi connectivity index (χ3n) is 2.25. The van der Waals surface area contributed by atoms with Crippen LogP contribution in [-0.2, 0) is 0 Å². The highest BCUT2D eigenvalue weighted by atomic mass is 16.4. The van der Waals surface area contributed by atoms with Crippen LogP contribution in [0.3, 0.4) is 0 Å². The van der Waals surface area contributed by atoms with Gasteiger partial charge < -0.3 is 14.4 Å². The molecule has 1 saturated heterocycles. The van der Waals surface area contributed by atoms with Gasteiger partial charge in [-0.1, -0.05) is 0 Å². The molecule has 1 N–H and O–H groups in total. The van der Waals surface area contributed by atoms with E-state index < -0.39 is 0 Å². The summed E-state index contributed by atoms with van der Waals surface area (Å²) in [5, 5.41) is 9.05. The maximum Gasteiger partial charge on any atom is 0.291 e. The van der Waals surface area contributed by atoms with Crippen molar-refractivity contribution in [2.75, 3.05) is 13.1 Å². The smallest absolute Gasteiger partial charge is 0.291 e. The number of nitrogens with zero attached hydrogens (tertiary/aromatic N) is 2. The summed E-state index contributed by atoms with van der Waals surface area (Å²) in [6.45, 7) is 4.21. The third kappa shape index (κ3) is 1.39. The number of oxazole rings is 1. The largest absolute Gasteiger partial charge is 0.436 e. The van der Waals surface area contributed by atoms with Crippen LogP contribution >= 0.6 is 0 Å². The molecule has 5 nitrogen and oxygen atoms in total. The lowest BCUT2D eigenvalue weighted by atomic mass is 10.1. The van der Waals surface area contributed by atoms with Gasteiger partial charge in [-0.05, 0) is 6.92 Å². The van der Waals surface area contributed by atoms with Gasteiger partial charge in [0, 0.05) is 20.0 Å².